The van der Waals surface area contributed by atoms with Crippen LogP contribution in [0.25, 0.3) is 0 Å². The highest BCUT2D eigenvalue weighted by molar-refractivity contribution is 9.10. The molecular weight excluding hydrogens is 272 g/mol. The molecule has 0 aliphatic carbocycles. The molecule has 1 saturated heterocycles. The molecule has 0 aromatic carbocycles. The van der Waals surface area contributed by atoms with E-state index in [1.54, 1.807) is 17.2 Å². The molecule has 0 saturated carbocycles. The third-order valence-corrected chi connectivity index (χ3v) is 3.63. The van der Waals surface area contributed by atoms with Gasteiger partial charge in [-0.1, -0.05) is 13.8 Å². The van der Waals surface area contributed by atoms with Crippen molar-refractivity contribution in [3.05, 3.63) is 22.4 Å². The molecule has 16 heavy (non-hydrogen) atoms. The third kappa shape index (κ3) is 1.89. The van der Waals surface area contributed by atoms with Gasteiger partial charge in [0.15, 0.2) is 0 Å². The van der Waals surface area contributed by atoms with Crippen LogP contribution in [0.1, 0.15) is 24.3 Å². The van der Waals surface area contributed by atoms with E-state index in [-0.39, 0.29) is 11.8 Å². The number of aliphatic hydroxyl groups is 1. The number of carbonyl (C=O) groups excluding carboxylic acids is 1. The summed E-state index contributed by atoms with van der Waals surface area (Å²) in [6.45, 7) is 4.76. The predicted molar refractivity (Wildman–Crippen MR) is 64.2 cm³/mol. The van der Waals surface area contributed by atoms with Gasteiger partial charge < -0.3 is 15.0 Å². The maximum atomic E-state index is 11.9. The van der Waals surface area contributed by atoms with Crippen LogP contribution in [0.5, 0.6) is 0 Å². The molecule has 88 valence electrons. The van der Waals surface area contributed by atoms with Crippen molar-refractivity contribution < 1.29 is 9.90 Å². The van der Waals surface area contributed by atoms with Gasteiger partial charge in [0.2, 0.25) is 0 Å². The molecular formula is C11H15BrN2O2. The summed E-state index contributed by atoms with van der Waals surface area (Å²) in [6.07, 6.45) is 1.72. The van der Waals surface area contributed by atoms with Crippen molar-refractivity contribution in [2.45, 2.75) is 19.4 Å². The lowest BCUT2D eigenvalue weighted by Crippen LogP contribution is -2.66. The number of β-amino-alcohol motifs (C(OH)–C–C–N with tert-alkyl or cyclic N) is 1. The van der Waals surface area contributed by atoms with Crippen molar-refractivity contribution in [2.24, 2.45) is 5.92 Å². The fraction of sp³-hybridized carbons (Fsp3) is 0.545. The zero-order chi connectivity index (χ0) is 11.9. The van der Waals surface area contributed by atoms with Gasteiger partial charge in [0.25, 0.3) is 5.91 Å². The first-order chi connectivity index (χ1) is 7.42. The van der Waals surface area contributed by atoms with Crippen molar-refractivity contribution in [3.8, 4) is 0 Å². The molecule has 0 bridgehead atoms. The standard InChI is InChI=1S/C11H15BrN2O2/c1-7(2)11(16)5-14(6-11)10(15)9-3-8(12)4-13-9/h3-4,7,13,16H,5-6H2,1-2H3. The highest BCUT2D eigenvalue weighted by Crippen LogP contribution is 2.29. The Morgan fingerprint density at radius 1 is 1.62 bits per heavy atom. The minimum atomic E-state index is -0.709. The van der Waals surface area contributed by atoms with Crippen LogP contribution in [0.2, 0.25) is 0 Å². The molecule has 1 aromatic heterocycles. The van der Waals surface area contributed by atoms with Gasteiger partial charge in [-0.25, -0.2) is 0 Å². The first kappa shape index (κ1) is 11.7. The Bertz CT molecular complexity index is 408. The zero-order valence-corrected chi connectivity index (χ0v) is 10.9. The van der Waals surface area contributed by atoms with Crippen LogP contribution in [0.15, 0.2) is 16.7 Å². The van der Waals surface area contributed by atoms with Gasteiger partial charge in [-0.2, -0.15) is 0 Å². The molecule has 1 aliphatic heterocycles. The lowest BCUT2D eigenvalue weighted by atomic mass is 9.83. The van der Waals surface area contributed by atoms with Crippen molar-refractivity contribution in [2.75, 3.05) is 13.1 Å². The summed E-state index contributed by atoms with van der Waals surface area (Å²) >= 11 is 3.28. The third-order valence-electron chi connectivity index (χ3n) is 3.17. The SMILES string of the molecule is CC(C)C1(O)CN(C(=O)c2cc(Br)c[nH]2)C1. The topological polar surface area (TPSA) is 56.3 Å². The van der Waals surface area contributed by atoms with E-state index in [2.05, 4.69) is 20.9 Å². The Balaban J connectivity index is 2.00. The van der Waals surface area contributed by atoms with E-state index in [0.29, 0.717) is 18.8 Å². The van der Waals surface area contributed by atoms with E-state index in [4.69, 9.17) is 0 Å². The van der Waals surface area contributed by atoms with Gasteiger partial charge >= 0.3 is 0 Å². The highest BCUT2D eigenvalue weighted by Gasteiger charge is 2.46. The molecule has 0 radical (unpaired) electrons. The molecule has 0 unspecified atom stereocenters. The Morgan fingerprint density at radius 3 is 2.69 bits per heavy atom. The maximum Gasteiger partial charge on any atom is 0.270 e. The van der Waals surface area contributed by atoms with Gasteiger partial charge in [-0.3, -0.25) is 4.79 Å². The fourth-order valence-electron chi connectivity index (χ4n) is 1.79. The summed E-state index contributed by atoms with van der Waals surface area (Å²) in [4.78, 5) is 16.5. The lowest BCUT2D eigenvalue weighted by molar-refractivity contribution is -0.111. The Kier molecular flexibility index (Phi) is 2.84. The number of aromatic nitrogens is 1. The Hall–Kier alpha value is -0.810. The van der Waals surface area contributed by atoms with Gasteiger partial charge in [-0.15, -0.1) is 0 Å². The number of likely N-dealkylation sites (tertiary alicyclic amines) is 1. The van der Waals surface area contributed by atoms with Crippen LogP contribution in [0.3, 0.4) is 0 Å². The molecule has 1 aromatic rings. The molecule has 0 spiro atoms. The molecule has 2 rings (SSSR count). The van der Waals surface area contributed by atoms with E-state index >= 15 is 0 Å². The minimum Gasteiger partial charge on any atom is -0.386 e. The molecule has 0 atom stereocenters. The normalized spacial score (nSPS) is 18.7. The van der Waals surface area contributed by atoms with Gasteiger partial charge in [-0.05, 0) is 27.9 Å². The summed E-state index contributed by atoms with van der Waals surface area (Å²) < 4.78 is 0.857. The van der Waals surface area contributed by atoms with E-state index in [1.165, 1.54) is 0 Å². The van der Waals surface area contributed by atoms with Crippen molar-refractivity contribution >= 4 is 21.8 Å². The minimum absolute atomic E-state index is 0.0592. The van der Waals surface area contributed by atoms with Crippen molar-refractivity contribution in [3.63, 3.8) is 0 Å². The largest absolute Gasteiger partial charge is 0.386 e. The monoisotopic (exact) mass is 286 g/mol. The number of carbonyl (C=O) groups is 1. The van der Waals surface area contributed by atoms with Crippen molar-refractivity contribution in [1.82, 2.24) is 9.88 Å². The van der Waals surface area contributed by atoms with Gasteiger partial charge in [0, 0.05) is 10.7 Å². The predicted octanol–water partition coefficient (Wildman–Crippen LogP) is 1.62. The van der Waals surface area contributed by atoms with Crippen LogP contribution in [-0.2, 0) is 0 Å². The summed E-state index contributed by atoms with van der Waals surface area (Å²) in [7, 11) is 0. The smallest absolute Gasteiger partial charge is 0.270 e. The second kappa shape index (κ2) is 3.89. The van der Waals surface area contributed by atoms with E-state index in [9.17, 15) is 9.90 Å². The number of aromatic amines is 1. The summed E-state index contributed by atoms with van der Waals surface area (Å²) in [5.74, 6) is 0.114. The first-order valence-corrected chi connectivity index (χ1v) is 6.07. The first-order valence-electron chi connectivity index (χ1n) is 5.28. The number of H-pyrrole nitrogens is 1. The number of rotatable bonds is 2. The van der Waals surface area contributed by atoms with Crippen LogP contribution in [0.4, 0.5) is 0 Å². The Labute approximate surface area is 103 Å². The summed E-state index contributed by atoms with van der Waals surface area (Å²) in [6, 6.07) is 1.75. The van der Waals surface area contributed by atoms with Crippen molar-refractivity contribution in [1.29, 1.82) is 0 Å². The average molecular weight is 287 g/mol. The van der Waals surface area contributed by atoms with E-state index in [0.717, 1.165) is 4.47 Å². The number of hydrogen-bond acceptors (Lipinski definition) is 2. The fourth-order valence-corrected chi connectivity index (χ4v) is 2.13. The molecule has 2 N–H and O–H groups in total. The van der Waals surface area contributed by atoms with Gasteiger partial charge in [0.05, 0.1) is 13.1 Å². The molecule has 1 amide bonds. The van der Waals surface area contributed by atoms with Gasteiger partial charge in [0.1, 0.15) is 11.3 Å². The number of nitrogens with zero attached hydrogens (tertiary/aromatic N) is 1. The van der Waals surface area contributed by atoms with Crippen LogP contribution in [0, 0.1) is 5.92 Å². The van der Waals surface area contributed by atoms with Crippen LogP contribution < -0.4 is 0 Å². The molecule has 5 heteroatoms. The van der Waals surface area contributed by atoms with E-state index < -0.39 is 5.60 Å². The lowest BCUT2D eigenvalue weighted by Gasteiger charge is -2.48. The molecule has 2 heterocycles. The molecule has 4 nitrogen and oxygen atoms in total. The van der Waals surface area contributed by atoms with Crippen LogP contribution in [-0.4, -0.2) is 39.6 Å². The number of hydrogen-bond donors (Lipinski definition) is 2. The average Bonchev–Trinajstić information content (AvgIpc) is 2.58. The number of halogens is 1. The number of nitrogens with one attached hydrogen (secondary N) is 1. The number of amides is 1. The van der Waals surface area contributed by atoms with Crippen LogP contribution >= 0.6 is 15.9 Å². The van der Waals surface area contributed by atoms with E-state index in [1.807, 2.05) is 13.8 Å². The molecule has 1 fully saturated rings. The summed E-state index contributed by atoms with van der Waals surface area (Å²) in [5, 5.41) is 10.0. The summed E-state index contributed by atoms with van der Waals surface area (Å²) in [5.41, 5.74) is -0.155. The second-order valence-electron chi connectivity index (χ2n) is 4.65. The Morgan fingerprint density at radius 2 is 2.25 bits per heavy atom. The highest BCUT2D eigenvalue weighted by atomic mass is 79.9. The quantitative estimate of drug-likeness (QED) is 0.868. The molecule has 1 aliphatic rings. The maximum absolute atomic E-state index is 11.9. The zero-order valence-electron chi connectivity index (χ0n) is 9.33. The second-order valence-corrected chi connectivity index (χ2v) is 5.57.